The maximum Gasteiger partial charge on any atom is 0.160 e. The third-order valence-electron chi connectivity index (χ3n) is 14.3. The normalized spacial score (nSPS) is 11.5. The zero-order valence-electron chi connectivity index (χ0n) is 42.1. The highest BCUT2D eigenvalue weighted by molar-refractivity contribution is 6.11. The summed E-state index contributed by atoms with van der Waals surface area (Å²) >= 11 is 0. The van der Waals surface area contributed by atoms with Gasteiger partial charge in [0.25, 0.3) is 0 Å². The summed E-state index contributed by atoms with van der Waals surface area (Å²) in [6, 6.07) is 87.5. The molecule has 0 aliphatic carbocycles. The maximum atomic E-state index is 5.56. The molecule has 0 N–H and O–H groups in total. The van der Waals surface area contributed by atoms with Crippen LogP contribution in [0.3, 0.4) is 0 Å². The molecule has 3 heteroatoms. The Bertz CT molecular complexity index is 3990. The second kappa shape index (κ2) is 20.1. The summed E-state index contributed by atoms with van der Waals surface area (Å²) in [5.41, 5.74) is 23.6. The number of fused-ring (bicyclic) bond motifs is 3. The molecule has 0 spiro atoms. The van der Waals surface area contributed by atoms with Gasteiger partial charge in [0, 0.05) is 38.6 Å². The molecule has 3 nitrogen and oxygen atoms in total. The fourth-order valence-electron chi connectivity index (χ4n) is 10.5. The van der Waals surface area contributed by atoms with Gasteiger partial charge < -0.3 is 4.57 Å². The van der Waals surface area contributed by atoms with E-state index in [4.69, 9.17) is 9.97 Å². The molecule has 2 heterocycles. The highest BCUT2D eigenvalue weighted by Crippen LogP contribution is 2.45. The predicted octanol–water partition coefficient (Wildman–Crippen LogP) is 19.3. The Kier molecular flexibility index (Phi) is 12.4. The van der Waals surface area contributed by atoms with Crippen LogP contribution in [0.4, 0.5) is 0 Å². The summed E-state index contributed by atoms with van der Waals surface area (Å²) in [5, 5.41) is 2.46. The van der Waals surface area contributed by atoms with E-state index in [0.29, 0.717) is 5.82 Å². The molecule has 0 aliphatic heterocycles. The van der Waals surface area contributed by atoms with E-state index in [1.807, 2.05) is 12.2 Å². The van der Waals surface area contributed by atoms with E-state index in [2.05, 4.69) is 274 Å². The molecule has 0 aliphatic rings. The molecule has 0 radical (unpaired) electrons. The predicted molar refractivity (Wildman–Crippen MR) is 318 cm³/mol. The topological polar surface area (TPSA) is 30.7 Å². The van der Waals surface area contributed by atoms with E-state index in [1.54, 1.807) is 6.08 Å². The molecule has 0 unspecified atom stereocenters. The van der Waals surface area contributed by atoms with E-state index in [0.717, 1.165) is 106 Å². The molecular formula is C72H53N3. The second-order valence-electron chi connectivity index (χ2n) is 19.2. The standard InChI is InChI=1S/C72H53N3/c1-5-19-50(6-2)54-32-36-58(37-33-54)72-73-67(61-43-59(52-22-13-8-14-23-52)42-60(44-61)53-24-15-9-16-25-53)47-68(74-72)62-45-63(56-26-17-10-18-27-56)71(64(46-62)57-34-30-55(31-35-57)51-20-11-7-12-21-51)75-69-38-28-48(3)40-65(69)66-41-49(4)29-39-70(66)75/h5-47H,1-2H2,3-4H3/b50-19+. The van der Waals surface area contributed by atoms with E-state index in [-0.39, 0.29) is 0 Å². The molecule has 75 heavy (non-hydrogen) atoms. The third kappa shape index (κ3) is 9.13. The summed E-state index contributed by atoms with van der Waals surface area (Å²) in [6.07, 6.45) is 5.63. The number of hydrogen-bond donors (Lipinski definition) is 0. The first kappa shape index (κ1) is 46.4. The minimum absolute atomic E-state index is 0.625. The number of rotatable bonds is 12. The molecule has 0 saturated carbocycles. The molecule has 2 aromatic heterocycles. The van der Waals surface area contributed by atoms with Crippen molar-refractivity contribution in [2.75, 3.05) is 0 Å². The van der Waals surface area contributed by atoms with Gasteiger partial charge in [-0.3, -0.25) is 0 Å². The summed E-state index contributed by atoms with van der Waals surface area (Å²) < 4.78 is 2.49. The molecule has 0 fully saturated rings. The van der Waals surface area contributed by atoms with Crippen LogP contribution in [-0.2, 0) is 0 Å². The Hall–Kier alpha value is -9.70. The van der Waals surface area contributed by atoms with Gasteiger partial charge >= 0.3 is 0 Å². The monoisotopic (exact) mass is 959 g/mol. The Labute approximate surface area is 439 Å². The zero-order chi connectivity index (χ0) is 50.8. The van der Waals surface area contributed by atoms with Crippen molar-refractivity contribution < 1.29 is 0 Å². The highest BCUT2D eigenvalue weighted by Gasteiger charge is 2.23. The minimum atomic E-state index is 0.625. The molecule has 12 aromatic rings. The number of benzene rings is 10. The lowest BCUT2D eigenvalue weighted by molar-refractivity contribution is 1.17. The Balaban J connectivity index is 1.16. The van der Waals surface area contributed by atoms with E-state index in [1.165, 1.54) is 27.5 Å². The lowest BCUT2D eigenvalue weighted by Gasteiger charge is -2.21. The van der Waals surface area contributed by atoms with Crippen LogP contribution in [0.2, 0.25) is 0 Å². The SMILES string of the molecule is C=C/C=C(\C=C)c1ccc(-c2nc(-c3cc(-c4ccccc4)cc(-c4ccccc4)c3)cc(-c3cc(-c4ccccc4)c(-n4c5ccc(C)cc5c5cc(C)ccc54)c(-c4ccc(-c5ccccc5)cc4)c3)n2)cc1. The van der Waals surface area contributed by atoms with Crippen molar-refractivity contribution in [2.24, 2.45) is 0 Å². The van der Waals surface area contributed by atoms with Crippen molar-refractivity contribution in [3.8, 4) is 95.2 Å². The van der Waals surface area contributed by atoms with Gasteiger partial charge in [0.1, 0.15) is 0 Å². The Morgan fingerprint density at radius 3 is 1.25 bits per heavy atom. The number of aromatic nitrogens is 3. The fourth-order valence-corrected chi connectivity index (χ4v) is 10.5. The summed E-state index contributed by atoms with van der Waals surface area (Å²) in [7, 11) is 0. The molecular weight excluding hydrogens is 907 g/mol. The Morgan fingerprint density at radius 1 is 0.373 bits per heavy atom. The molecule has 0 bridgehead atoms. The van der Waals surface area contributed by atoms with Crippen molar-refractivity contribution in [1.29, 1.82) is 0 Å². The van der Waals surface area contributed by atoms with Crippen LogP contribution in [0.15, 0.2) is 274 Å². The van der Waals surface area contributed by atoms with Gasteiger partial charge in [-0.15, -0.1) is 0 Å². The van der Waals surface area contributed by atoms with Crippen LogP contribution < -0.4 is 0 Å². The molecule has 12 rings (SSSR count). The molecule has 0 amide bonds. The van der Waals surface area contributed by atoms with E-state index in [9.17, 15) is 0 Å². The maximum absolute atomic E-state index is 5.56. The van der Waals surface area contributed by atoms with Gasteiger partial charge in [-0.05, 0) is 130 Å². The number of allylic oxidation sites excluding steroid dienone is 4. The molecule has 0 saturated heterocycles. The van der Waals surface area contributed by atoms with Crippen molar-refractivity contribution in [3.05, 3.63) is 291 Å². The fraction of sp³-hybridized carbons (Fsp3) is 0.0278. The van der Waals surface area contributed by atoms with Crippen molar-refractivity contribution in [3.63, 3.8) is 0 Å². The molecule has 10 aromatic carbocycles. The minimum Gasteiger partial charge on any atom is -0.308 e. The van der Waals surface area contributed by atoms with Gasteiger partial charge in [0.05, 0.1) is 28.1 Å². The number of nitrogens with zero attached hydrogens (tertiary/aromatic N) is 3. The average molecular weight is 960 g/mol. The van der Waals surface area contributed by atoms with Crippen molar-refractivity contribution in [2.45, 2.75) is 13.8 Å². The first-order chi connectivity index (χ1) is 36.9. The van der Waals surface area contributed by atoms with Crippen LogP contribution in [-0.4, -0.2) is 14.5 Å². The van der Waals surface area contributed by atoms with Crippen molar-refractivity contribution >= 4 is 27.4 Å². The van der Waals surface area contributed by atoms with Crippen LogP contribution in [0, 0.1) is 13.8 Å². The first-order valence-corrected chi connectivity index (χ1v) is 25.5. The summed E-state index contributed by atoms with van der Waals surface area (Å²) in [6.45, 7) is 12.4. The summed E-state index contributed by atoms with van der Waals surface area (Å²) in [4.78, 5) is 11.0. The van der Waals surface area contributed by atoms with Gasteiger partial charge in [-0.25, -0.2) is 9.97 Å². The van der Waals surface area contributed by atoms with Gasteiger partial charge in [0.15, 0.2) is 5.82 Å². The number of hydrogen-bond acceptors (Lipinski definition) is 2. The van der Waals surface area contributed by atoms with Crippen LogP contribution in [0.5, 0.6) is 0 Å². The smallest absolute Gasteiger partial charge is 0.160 e. The number of aryl methyl sites for hydroxylation is 2. The molecule has 0 atom stereocenters. The summed E-state index contributed by atoms with van der Waals surface area (Å²) in [5.74, 6) is 0.625. The van der Waals surface area contributed by atoms with Crippen LogP contribution >= 0.6 is 0 Å². The molecule has 356 valence electrons. The van der Waals surface area contributed by atoms with Gasteiger partial charge in [-0.1, -0.05) is 225 Å². The largest absolute Gasteiger partial charge is 0.308 e. The Morgan fingerprint density at radius 2 is 0.773 bits per heavy atom. The van der Waals surface area contributed by atoms with Crippen molar-refractivity contribution in [1.82, 2.24) is 14.5 Å². The first-order valence-electron chi connectivity index (χ1n) is 25.5. The van der Waals surface area contributed by atoms with Gasteiger partial charge in [-0.2, -0.15) is 0 Å². The van der Waals surface area contributed by atoms with Crippen LogP contribution in [0.1, 0.15) is 16.7 Å². The lowest BCUT2D eigenvalue weighted by atomic mass is 9.90. The van der Waals surface area contributed by atoms with E-state index >= 15 is 0 Å². The van der Waals surface area contributed by atoms with Gasteiger partial charge in [0.2, 0.25) is 0 Å². The van der Waals surface area contributed by atoms with E-state index < -0.39 is 0 Å². The lowest BCUT2D eigenvalue weighted by Crippen LogP contribution is -2.03. The highest BCUT2D eigenvalue weighted by atomic mass is 15.0. The quantitative estimate of drug-likeness (QED) is 0.114. The van der Waals surface area contributed by atoms with Crippen LogP contribution in [0.25, 0.3) is 123 Å². The third-order valence-corrected chi connectivity index (χ3v) is 14.3. The zero-order valence-corrected chi connectivity index (χ0v) is 42.1. The second-order valence-corrected chi connectivity index (χ2v) is 19.2. The average Bonchev–Trinajstić information content (AvgIpc) is 3.84.